The predicted octanol–water partition coefficient (Wildman–Crippen LogP) is -9.70. The number of rotatable bonds is 31. The van der Waals surface area contributed by atoms with Crippen LogP contribution in [0, 0.1) is 5.92 Å². The van der Waals surface area contributed by atoms with Crippen molar-refractivity contribution in [3.63, 3.8) is 0 Å². The maximum Gasteiger partial charge on any atom is 0.305 e. The van der Waals surface area contributed by atoms with E-state index in [4.69, 9.17) is 38.9 Å². The van der Waals surface area contributed by atoms with E-state index < -0.39 is 164 Å². The van der Waals surface area contributed by atoms with Gasteiger partial charge in [-0.2, -0.15) is 12.6 Å². The van der Waals surface area contributed by atoms with Crippen LogP contribution in [0.5, 0.6) is 0 Å². The Hall–Kier alpha value is -6.86. The quantitative estimate of drug-likeness (QED) is 0.0133. The number of carboxylic acid groups (broad SMARTS) is 1. The molecule has 21 N–H and O–H groups in total. The molecule has 31 heteroatoms. The van der Waals surface area contributed by atoms with Gasteiger partial charge < -0.3 is 91.4 Å². The second kappa shape index (κ2) is 30.5. The van der Waals surface area contributed by atoms with Gasteiger partial charge in [0.05, 0.1) is 39.1 Å². The maximum atomic E-state index is 13.7. The molecule has 0 bridgehead atoms. The summed E-state index contributed by atoms with van der Waals surface area (Å²) in [6.45, 7) is 0.00311. The van der Waals surface area contributed by atoms with E-state index in [9.17, 15) is 62.6 Å². The molecule has 1 heterocycles. The standard InChI is InChI=1S/C38H65N15O15S/c1-3-17(2)29(52-34(65)23(16-69)51-31(62)18(39)14-54)36(67)49-21(10-25(40)56)33(64)50-22(15-55)37(68)53-9-5-7-24(53)35(66)46-13-26(57)47-19(6-4-8-44-38(42)43)32(63)45-12-27(58)48-20(30(41)61)11-28(59)60/h17-24,29,54-55,69H,3-16,39H2,1-2H3,(H2,40,56)(H2,41,61)(H,45,63)(H,46,66)(H,47,57)(H,48,58)(H,49,67)(H,50,64)(H,51,62)(H,52,65)(H,59,60)(H4,42,43,44)/t17-,18-,19-,20-,21-,22-,23-,24-,29-/m0/s1. The summed E-state index contributed by atoms with van der Waals surface area (Å²) < 4.78 is 0. The number of nitrogens with zero attached hydrogens (tertiary/aromatic N) is 2. The smallest absolute Gasteiger partial charge is 0.305 e. The van der Waals surface area contributed by atoms with E-state index in [-0.39, 0.29) is 50.5 Å². The molecule has 69 heavy (non-hydrogen) atoms. The summed E-state index contributed by atoms with van der Waals surface area (Å²) in [5.41, 5.74) is 26.6. The van der Waals surface area contributed by atoms with Crippen LogP contribution in [0.25, 0.3) is 0 Å². The molecule has 1 saturated heterocycles. The van der Waals surface area contributed by atoms with Gasteiger partial charge in [0, 0.05) is 18.8 Å². The number of guanidine groups is 1. The zero-order valence-corrected chi connectivity index (χ0v) is 39.0. The van der Waals surface area contributed by atoms with E-state index in [0.717, 1.165) is 4.90 Å². The molecule has 388 valence electrons. The molecule has 0 aromatic carbocycles. The van der Waals surface area contributed by atoms with E-state index >= 15 is 0 Å². The first-order valence-corrected chi connectivity index (χ1v) is 22.1. The van der Waals surface area contributed by atoms with Crippen molar-refractivity contribution in [2.45, 2.75) is 107 Å². The zero-order chi connectivity index (χ0) is 52.5. The third kappa shape index (κ3) is 21.3. The Morgan fingerprint density at radius 1 is 0.710 bits per heavy atom. The number of aliphatic imine (C=N–C) groups is 1. The number of aliphatic carboxylic acids is 1. The van der Waals surface area contributed by atoms with Crippen LogP contribution in [-0.2, 0) is 57.5 Å². The van der Waals surface area contributed by atoms with Crippen LogP contribution in [0.15, 0.2) is 4.99 Å². The molecule has 0 radical (unpaired) electrons. The molecule has 0 aromatic rings. The first-order chi connectivity index (χ1) is 32.4. The second-order valence-corrected chi connectivity index (χ2v) is 16.1. The van der Waals surface area contributed by atoms with Crippen molar-refractivity contribution in [2.24, 2.45) is 39.6 Å². The Bertz CT molecular complexity index is 1910. The lowest BCUT2D eigenvalue weighted by atomic mass is 9.97. The molecule has 1 fully saturated rings. The molecule has 0 spiro atoms. The van der Waals surface area contributed by atoms with Gasteiger partial charge in [-0.25, -0.2) is 0 Å². The monoisotopic (exact) mass is 1000 g/mol. The maximum absolute atomic E-state index is 13.7. The van der Waals surface area contributed by atoms with Crippen molar-refractivity contribution in [1.82, 2.24) is 47.4 Å². The van der Waals surface area contributed by atoms with Crippen molar-refractivity contribution < 1.29 is 72.9 Å². The van der Waals surface area contributed by atoms with Crippen LogP contribution < -0.4 is 71.2 Å². The van der Waals surface area contributed by atoms with Crippen molar-refractivity contribution in [2.75, 3.05) is 45.1 Å². The third-order valence-corrected chi connectivity index (χ3v) is 10.7. The first kappa shape index (κ1) is 60.2. The summed E-state index contributed by atoms with van der Waals surface area (Å²) in [5.74, 6) is -13.2. The van der Waals surface area contributed by atoms with Gasteiger partial charge in [0.15, 0.2) is 5.96 Å². The molecule has 0 aromatic heterocycles. The molecule has 30 nitrogen and oxygen atoms in total. The number of carbonyl (C=O) groups excluding carboxylic acids is 11. The predicted molar refractivity (Wildman–Crippen MR) is 243 cm³/mol. The lowest BCUT2D eigenvalue weighted by Crippen LogP contribution is -2.61. The minimum absolute atomic E-state index is 0.0267. The summed E-state index contributed by atoms with van der Waals surface area (Å²) in [7, 11) is 0. The van der Waals surface area contributed by atoms with Crippen LogP contribution in [0.2, 0.25) is 0 Å². The van der Waals surface area contributed by atoms with Gasteiger partial charge >= 0.3 is 5.97 Å². The summed E-state index contributed by atoms with van der Waals surface area (Å²) in [4.78, 5) is 157. The van der Waals surface area contributed by atoms with Crippen molar-refractivity contribution in [1.29, 1.82) is 0 Å². The van der Waals surface area contributed by atoms with Crippen LogP contribution >= 0.6 is 12.6 Å². The highest BCUT2D eigenvalue weighted by molar-refractivity contribution is 7.80. The summed E-state index contributed by atoms with van der Waals surface area (Å²) in [5, 5.41) is 46.7. The Labute approximate surface area is 400 Å². The minimum Gasteiger partial charge on any atom is -0.481 e. The lowest BCUT2D eigenvalue weighted by molar-refractivity contribution is -0.143. The molecule has 9 atom stereocenters. The minimum atomic E-state index is -1.76. The molecule has 1 aliphatic heterocycles. The van der Waals surface area contributed by atoms with Gasteiger partial charge in [-0.15, -0.1) is 0 Å². The summed E-state index contributed by atoms with van der Waals surface area (Å²) in [6, 6.07) is -11.7. The van der Waals surface area contributed by atoms with E-state index in [1.807, 2.05) is 0 Å². The molecule has 11 amide bonds. The number of carbonyl (C=O) groups is 12. The van der Waals surface area contributed by atoms with Crippen LogP contribution in [0.1, 0.15) is 58.8 Å². The number of primary amides is 2. The first-order valence-electron chi connectivity index (χ1n) is 21.5. The molecular formula is C38H65N15O15S. The van der Waals surface area contributed by atoms with Crippen LogP contribution in [0.3, 0.4) is 0 Å². The fourth-order valence-corrected chi connectivity index (χ4v) is 6.64. The lowest BCUT2D eigenvalue weighted by Gasteiger charge is -2.30. The van der Waals surface area contributed by atoms with E-state index in [2.05, 4.69) is 60.2 Å². The number of carboxylic acids is 1. The number of likely N-dealkylation sites (tertiary alicyclic amines) is 1. The van der Waals surface area contributed by atoms with Gasteiger partial charge in [-0.1, -0.05) is 20.3 Å². The average Bonchev–Trinajstić information content (AvgIpc) is 3.79. The van der Waals surface area contributed by atoms with E-state index in [1.54, 1.807) is 13.8 Å². The fraction of sp³-hybridized carbons (Fsp3) is 0.658. The third-order valence-electron chi connectivity index (χ3n) is 10.3. The van der Waals surface area contributed by atoms with E-state index in [0.29, 0.717) is 6.42 Å². The van der Waals surface area contributed by atoms with Crippen molar-refractivity contribution in [3.05, 3.63) is 0 Å². The number of aliphatic hydroxyl groups is 2. The number of nitrogens with two attached hydrogens (primary N) is 5. The summed E-state index contributed by atoms with van der Waals surface area (Å²) >= 11 is 4.06. The zero-order valence-electron chi connectivity index (χ0n) is 38.1. The average molecular weight is 1000 g/mol. The number of nitrogens with one attached hydrogen (secondary N) is 8. The topological polar surface area (TPSA) is 507 Å². The van der Waals surface area contributed by atoms with Gasteiger partial charge in [0.25, 0.3) is 0 Å². The highest BCUT2D eigenvalue weighted by Gasteiger charge is 2.39. The molecule has 1 rings (SSSR count). The number of aliphatic hydroxyl groups excluding tert-OH is 2. The van der Waals surface area contributed by atoms with Gasteiger partial charge in [-0.3, -0.25) is 62.5 Å². The Balaban J connectivity index is 3.09. The highest BCUT2D eigenvalue weighted by atomic mass is 32.1. The molecule has 0 aliphatic carbocycles. The number of amides is 11. The van der Waals surface area contributed by atoms with Crippen LogP contribution in [-0.4, -0.2) is 191 Å². The van der Waals surface area contributed by atoms with E-state index in [1.165, 1.54) is 0 Å². The highest BCUT2D eigenvalue weighted by Crippen LogP contribution is 2.19. The normalized spacial score (nSPS) is 16.5. The Morgan fingerprint density at radius 2 is 1.29 bits per heavy atom. The summed E-state index contributed by atoms with van der Waals surface area (Å²) in [6.07, 6.45) is -0.956. The van der Waals surface area contributed by atoms with Gasteiger partial charge in [0.1, 0.15) is 48.3 Å². The van der Waals surface area contributed by atoms with Crippen LogP contribution in [0.4, 0.5) is 0 Å². The second-order valence-electron chi connectivity index (χ2n) is 15.7. The Morgan fingerprint density at radius 3 is 1.83 bits per heavy atom. The fourth-order valence-electron chi connectivity index (χ4n) is 6.38. The van der Waals surface area contributed by atoms with Gasteiger partial charge in [0.2, 0.25) is 65.0 Å². The molecular weight excluding hydrogens is 939 g/mol. The number of hydrogen-bond acceptors (Lipinski definition) is 17. The SMILES string of the molecule is CC[C@H](C)[C@H](NC(=O)[C@H](CS)NC(=O)[C@@H](N)CO)C(=O)N[C@@H](CC(N)=O)C(=O)N[C@@H](CO)C(=O)N1CCC[C@H]1C(=O)NCC(=O)N[C@@H](CCCN=C(N)N)C(=O)NCC(=O)N[C@@H](CC(=O)O)C(N)=O. The number of thiol groups is 1. The number of hydrogen-bond donors (Lipinski definition) is 17. The molecule has 0 unspecified atom stereocenters. The molecule has 1 aliphatic rings. The van der Waals surface area contributed by atoms with Crippen molar-refractivity contribution >= 4 is 89.5 Å². The van der Waals surface area contributed by atoms with Crippen molar-refractivity contribution in [3.8, 4) is 0 Å². The largest absolute Gasteiger partial charge is 0.481 e. The Kier molecular flexibility index (Phi) is 26.6. The molecule has 0 saturated carbocycles. The van der Waals surface area contributed by atoms with Gasteiger partial charge in [-0.05, 0) is 31.6 Å².